The lowest BCUT2D eigenvalue weighted by atomic mass is 9.77. The second-order valence-electron chi connectivity index (χ2n) is 40.3. The number of carbonyl (C=O) groups is 7. The highest BCUT2D eigenvalue weighted by Gasteiger charge is 2.50. The highest BCUT2D eigenvalue weighted by molar-refractivity contribution is 6.32. The molecule has 0 radical (unpaired) electrons. The molecule has 7 aromatic heterocycles. The monoisotopic (exact) mass is 2020 g/mol. The van der Waals surface area contributed by atoms with Crippen molar-refractivity contribution in [3.63, 3.8) is 0 Å². The molecule has 0 aliphatic carbocycles. The fourth-order valence-corrected chi connectivity index (χ4v) is 23.5. The highest BCUT2D eigenvalue weighted by atomic mass is 35.5. The van der Waals surface area contributed by atoms with Crippen molar-refractivity contribution in [1.82, 2.24) is 69.2 Å². The fraction of sp³-hybridized carbons (Fsp3) is 0.368. The van der Waals surface area contributed by atoms with E-state index in [0.717, 1.165) is 244 Å². The average molecular weight is 2030 g/mol. The molecule has 16 heterocycles. The maximum Gasteiger partial charge on any atom is 0.268 e. The Kier molecular flexibility index (Phi) is 29.2. The van der Waals surface area contributed by atoms with Crippen LogP contribution >= 0.6 is 23.2 Å². The number of halogens is 8. The van der Waals surface area contributed by atoms with E-state index in [1.165, 1.54) is 70.7 Å². The summed E-state index contributed by atoms with van der Waals surface area (Å²) in [6.07, 6.45) is 8.38. The number of nitrogens with one attached hydrogen (secondary N) is 7. The number of benzene rings is 8. The topological polar surface area (TPSA) is 274 Å². The zero-order valence-corrected chi connectivity index (χ0v) is 85.7. The Morgan fingerprint density at radius 3 is 1.04 bits per heavy atom. The van der Waals surface area contributed by atoms with E-state index in [2.05, 4.69) is 108 Å². The summed E-state index contributed by atoms with van der Waals surface area (Å²) in [7, 11) is 0. The molecule has 24 nitrogen and oxygen atoms in total. The highest BCUT2D eigenvalue weighted by Crippen LogP contribution is 2.46. The molecule has 32 heteroatoms. The van der Waals surface area contributed by atoms with E-state index in [4.69, 9.17) is 33.2 Å². The minimum Gasteiger partial charge on any atom is -0.380 e. The number of hydrogen-bond acceptors (Lipinski definition) is 10. The number of anilines is 1. The van der Waals surface area contributed by atoms with E-state index < -0.39 is 0 Å². The number of unbranched alkanes of at least 4 members (excludes halogenated alkanes) is 1. The Hall–Kier alpha value is -14.0. The molecule has 8 aromatic carbocycles. The number of aryl methyl sites for hydroxylation is 10. The van der Waals surface area contributed by atoms with E-state index in [1.807, 2.05) is 86.4 Å². The maximum atomic E-state index is 14.2. The minimum absolute atomic E-state index is 0.0214. The Bertz CT molecular complexity index is 7920. The summed E-state index contributed by atoms with van der Waals surface area (Å²) >= 11 is 12.4. The molecule has 9 aliphatic rings. The van der Waals surface area contributed by atoms with Gasteiger partial charge in [0.15, 0.2) is 0 Å². The zero-order chi connectivity index (χ0) is 104. The average Bonchev–Trinajstić information content (AvgIpc) is 1.52. The van der Waals surface area contributed by atoms with Crippen molar-refractivity contribution in [2.75, 3.05) is 77.0 Å². The van der Waals surface area contributed by atoms with Gasteiger partial charge in [0, 0.05) is 159 Å². The first-order chi connectivity index (χ1) is 70.0. The van der Waals surface area contributed by atoms with Crippen LogP contribution in [-0.2, 0) is 89.1 Å². The molecule has 0 bridgehead atoms. The Morgan fingerprint density at radius 1 is 0.390 bits per heavy atom. The second kappa shape index (κ2) is 41.8. The Labute approximate surface area is 852 Å². The summed E-state index contributed by atoms with van der Waals surface area (Å²) in [5, 5.41) is 36.5. The van der Waals surface area contributed by atoms with Crippen LogP contribution in [0.5, 0.6) is 0 Å². The number of nitrogens with zero attached hydrogens (tertiary/aromatic N) is 9. The van der Waals surface area contributed by atoms with Crippen LogP contribution in [0.3, 0.4) is 0 Å². The number of fused-ring (bicyclic) bond motifs is 21. The lowest BCUT2D eigenvalue weighted by Gasteiger charge is -2.56. The number of hydrogen-bond donors (Lipinski definition) is 7. The van der Waals surface area contributed by atoms with Gasteiger partial charge in [0.25, 0.3) is 41.4 Å². The molecule has 760 valence electrons. The van der Waals surface area contributed by atoms with Gasteiger partial charge in [-0.3, -0.25) is 33.6 Å². The van der Waals surface area contributed by atoms with Gasteiger partial charge in [-0.05, 0) is 287 Å². The third-order valence-corrected chi connectivity index (χ3v) is 30.0. The maximum absolute atomic E-state index is 14.2. The largest absolute Gasteiger partial charge is 0.380 e. The number of carbonyl (C=O) groups excluding carboxylic acids is 7. The van der Waals surface area contributed by atoms with Crippen molar-refractivity contribution in [3.8, 4) is 6.07 Å². The minimum atomic E-state index is -0.328. The first-order valence-electron chi connectivity index (χ1n) is 50.2. The molecular weight excluding hydrogens is 1910 g/mol. The molecule has 1 spiro atoms. The predicted molar refractivity (Wildman–Crippen MR) is 561 cm³/mol. The van der Waals surface area contributed by atoms with E-state index in [1.54, 1.807) is 42.5 Å². The predicted octanol–water partition coefficient (Wildman–Crippen LogP) is 20.3. The molecule has 15 aromatic rings. The van der Waals surface area contributed by atoms with Gasteiger partial charge in [0.2, 0.25) is 0 Å². The van der Waals surface area contributed by atoms with Crippen LogP contribution in [0.25, 0.3) is 76.3 Å². The van der Waals surface area contributed by atoms with E-state index in [0.29, 0.717) is 131 Å². The lowest BCUT2D eigenvalue weighted by Crippen LogP contribution is -2.66. The molecule has 0 saturated carbocycles. The summed E-state index contributed by atoms with van der Waals surface area (Å²) in [5.74, 6) is -0.884. The molecule has 7 N–H and O–H groups in total. The van der Waals surface area contributed by atoms with Crippen LogP contribution in [0.4, 0.5) is 32.0 Å². The Balaban J connectivity index is 0.000000112. The van der Waals surface area contributed by atoms with Crippen LogP contribution < -0.4 is 42.1 Å². The van der Waals surface area contributed by atoms with E-state index in [9.17, 15) is 59.9 Å². The van der Waals surface area contributed by atoms with Crippen LogP contribution in [0.1, 0.15) is 205 Å². The van der Waals surface area contributed by atoms with Crippen molar-refractivity contribution in [3.05, 3.63) is 285 Å². The summed E-state index contributed by atoms with van der Waals surface area (Å²) in [5.41, 5.74) is 26.4. The zero-order valence-electron chi connectivity index (χ0n) is 84.2. The Morgan fingerprint density at radius 2 is 0.699 bits per heavy atom. The van der Waals surface area contributed by atoms with Crippen molar-refractivity contribution < 1.29 is 64.6 Å². The number of ether oxygens (including phenoxy) is 1. The number of allylic oxidation sites excluding steroid dienone is 1. The van der Waals surface area contributed by atoms with Crippen molar-refractivity contribution in [2.24, 2.45) is 17.3 Å². The summed E-state index contributed by atoms with van der Waals surface area (Å²) in [6, 6.07) is 31.7. The molecule has 0 atom stereocenters. The van der Waals surface area contributed by atoms with Crippen molar-refractivity contribution >= 4 is 147 Å². The molecule has 2 saturated heterocycles. The SMILES string of the molecule is C=CCc1cc(F)cc2c(C)c3n(c12)CCNC3=O.CCc1cc(Cl)cc2c(C)c3n(c12)CCNC3=O.Cc1c2n(c3c(CC(C)C)cc(Cl)cc13)CCNC2=O.Cc1c2n(c3c(CCC(C)C)cc(F)cc13)CCNC2=O.Cc1c2n(c3c(CCCC#N)cc(F)cc13)CCNC2=O.Cc1c2n(c3c(Cc4ccc(F)cc4)cc(F)cc13)CCNC2=O.Cc1c2n(c3c(N4CC5(COC5)C4)cc(F)cc13)CCNC2=O. The van der Waals surface area contributed by atoms with E-state index in [-0.39, 0.29) is 81.7 Å². The van der Waals surface area contributed by atoms with Gasteiger partial charge in [0.1, 0.15) is 74.8 Å². The van der Waals surface area contributed by atoms with Crippen molar-refractivity contribution in [1.29, 1.82) is 5.26 Å². The lowest BCUT2D eigenvalue weighted by molar-refractivity contribution is -0.126. The fourth-order valence-electron chi connectivity index (χ4n) is 23.0. The summed E-state index contributed by atoms with van der Waals surface area (Å²) in [6.45, 7) is 41.0. The smallest absolute Gasteiger partial charge is 0.268 e. The van der Waals surface area contributed by atoms with Gasteiger partial charge < -0.3 is 78.8 Å². The third-order valence-electron chi connectivity index (χ3n) is 29.5. The van der Waals surface area contributed by atoms with Crippen molar-refractivity contribution in [2.45, 2.75) is 187 Å². The number of amides is 7. The summed E-state index contributed by atoms with van der Waals surface area (Å²) in [4.78, 5) is 86.9. The van der Waals surface area contributed by atoms with Crippen LogP contribution in [0.2, 0.25) is 10.0 Å². The molecule has 7 amide bonds. The normalized spacial score (nSPS) is 15.5. The molecule has 24 rings (SSSR count). The van der Waals surface area contributed by atoms with Gasteiger partial charge in [-0.15, -0.1) is 6.58 Å². The van der Waals surface area contributed by atoms with Gasteiger partial charge in [-0.25, -0.2) is 26.3 Å². The quantitative estimate of drug-likeness (QED) is 0.0307. The molecule has 2 fully saturated rings. The molecule has 0 unspecified atom stereocenters. The van der Waals surface area contributed by atoms with Crippen LogP contribution in [0, 0.1) is 112 Å². The second-order valence-corrected chi connectivity index (χ2v) is 41.2. The third kappa shape index (κ3) is 19.3. The molecular formula is C114H120Cl2F6N16O8. The number of rotatable bonds is 14. The molecule has 9 aliphatic heterocycles. The van der Waals surface area contributed by atoms with Crippen LogP contribution in [0.15, 0.2) is 122 Å². The van der Waals surface area contributed by atoms with Gasteiger partial charge >= 0.3 is 0 Å². The number of aromatic nitrogens is 7. The number of nitriles is 1. The van der Waals surface area contributed by atoms with Gasteiger partial charge in [-0.2, -0.15) is 5.26 Å². The van der Waals surface area contributed by atoms with E-state index >= 15 is 0 Å². The first kappa shape index (κ1) is 102. The standard InChI is InChI=1S/C19H16F2N2O.C17H18FN3O2.C17H21FN2O.C16H19ClN2O.C16H16FN3O.C15H15FN2O.C14H15ClN2O/c1-11-16-10-15(21)9-13(8-12-2-4-14(20)5-3-12)18(16)23-7-6-22-19(24)17(11)23;1-10-12-4-11(18)5-13(20-6-17(7-20)8-23-9-17)15(12)21-3-2-19-16(22)14(10)21;1-10(2)4-5-12-8-13(18)9-14-11(3)15-17(21)19-6-7-20(15)16(12)14;1-9(2)6-11-7-12(17)8-13-10(3)14-16(20)18-4-5-19(14)15(11)13;1-10-13-9-12(17)8-11(4-2-3-5-18)15(13)20-7-6-19-16(21)14(10)20;1-3-4-10-7-11(16)8-12-9(2)13-15(19)17-5-6-18(13)14(10)12;1-3-9-6-10(15)7-11-8(2)12-14(18)16-4-5-17(12)13(9)11/h2-5,9-10H,6-8H2,1H3,(H,22,24);4-5H,2-3,6-9H2,1H3,(H,19,22);8-10H,4-7H2,1-3H3,(H,19,21);7-9H,4-6H2,1-3H3,(H,18,20);8-9H,2-4,6-7H2,1H3,(H,19,21);3,7-8H,1,4-6H2,2H3,(H,17,19);6-7H,3-5H2,1-2H3,(H,16,18). The summed E-state index contributed by atoms with van der Waals surface area (Å²) < 4.78 is 103. The molecule has 146 heavy (non-hydrogen) atoms. The van der Waals surface area contributed by atoms with Gasteiger partial charge in [-0.1, -0.05) is 76.0 Å². The first-order valence-corrected chi connectivity index (χ1v) is 51.0. The van der Waals surface area contributed by atoms with Gasteiger partial charge in [0.05, 0.1) is 69.0 Å². The van der Waals surface area contributed by atoms with Crippen LogP contribution in [-0.4, -0.2) is 145 Å².